The van der Waals surface area contributed by atoms with Gasteiger partial charge in [0.15, 0.2) is 0 Å². The molecular weight excluding hydrogens is 364 g/mol. The summed E-state index contributed by atoms with van der Waals surface area (Å²) in [6.07, 6.45) is 0.966. The zero-order valence-electron chi connectivity index (χ0n) is 14.9. The van der Waals surface area contributed by atoms with Crippen molar-refractivity contribution in [1.82, 2.24) is 10.2 Å². The van der Waals surface area contributed by atoms with Crippen molar-refractivity contribution < 1.29 is 14.3 Å². The number of nitrogens with one attached hydrogen (secondary N) is 1. The quantitative estimate of drug-likeness (QED) is 0.879. The highest BCUT2D eigenvalue weighted by Gasteiger charge is 2.36. The van der Waals surface area contributed by atoms with Crippen molar-refractivity contribution in [3.63, 3.8) is 0 Å². The molecule has 5 nitrogen and oxygen atoms in total. The molecule has 1 saturated heterocycles. The minimum Gasteiger partial charge on any atom is -0.493 e. The Morgan fingerprint density at radius 3 is 2.81 bits per heavy atom. The number of halogens is 1. The van der Waals surface area contributed by atoms with Crippen LogP contribution in [0.4, 0.5) is 0 Å². The van der Waals surface area contributed by atoms with E-state index in [0.717, 1.165) is 23.3 Å². The van der Waals surface area contributed by atoms with Crippen LogP contribution in [0.25, 0.3) is 0 Å². The second-order valence-corrected chi connectivity index (χ2v) is 7.41. The van der Waals surface area contributed by atoms with Gasteiger partial charge in [0, 0.05) is 36.5 Å². The summed E-state index contributed by atoms with van der Waals surface area (Å²) in [7, 11) is 0. The van der Waals surface area contributed by atoms with Gasteiger partial charge in [-0.15, -0.1) is 0 Å². The number of ether oxygens (including phenoxy) is 1. The van der Waals surface area contributed by atoms with Crippen molar-refractivity contribution in [3.05, 3.63) is 64.7 Å². The number of benzene rings is 2. The van der Waals surface area contributed by atoms with Gasteiger partial charge in [-0.3, -0.25) is 9.59 Å². The fourth-order valence-electron chi connectivity index (χ4n) is 3.71. The molecule has 2 atom stereocenters. The zero-order valence-corrected chi connectivity index (χ0v) is 15.6. The van der Waals surface area contributed by atoms with Crippen LogP contribution >= 0.6 is 11.6 Å². The number of carbonyl (C=O) groups is 2. The average Bonchev–Trinajstić information content (AvgIpc) is 3.05. The molecule has 2 unspecified atom stereocenters. The van der Waals surface area contributed by atoms with E-state index in [9.17, 15) is 9.59 Å². The number of hydrogen-bond acceptors (Lipinski definition) is 3. The van der Waals surface area contributed by atoms with Crippen LogP contribution in [0.15, 0.2) is 48.5 Å². The molecule has 2 aliphatic heterocycles. The van der Waals surface area contributed by atoms with Gasteiger partial charge in [-0.25, -0.2) is 0 Å². The van der Waals surface area contributed by atoms with Gasteiger partial charge in [0.25, 0.3) is 0 Å². The summed E-state index contributed by atoms with van der Waals surface area (Å²) in [6.45, 7) is 1.42. The van der Waals surface area contributed by atoms with E-state index in [-0.39, 0.29) is 30.2 Å². The first-order valence-corrected chi connectivity index (χ1v) is 9.53. The predicted octanol–water partition coefficient (Wildman–Crippen LogP) is 3.33. The third kappa shape index (κ3) is 3.78. The van der Waals surface area contributed by atoms with E-state index in [0.29, 0.717) is 24.7 Å². The SMILES string of the molecule is O=C(NC1CCOc2ccccc21)C1CC(=O)N(Cc2ccccc2Cl)C1. The summed E-state index contributed by atoms with van der Waals surface area (Å²) in [5.74, 6) is 0.390. The molecule has 0 bridgehead atoms. The summed E-state index contributed by atoms with van der Waals surface area (Å²) >= 11 is 6.20. The molecule has 0 aliphatic carbocycles. The largest absolute Gasteiger partial charge is 0.493 e. The maximum Gasteiger partial charge on any atom is 0.225 e. The number of nitrogens with zero attached hydrogens (tertiary/aromatic N) is 1. The Bertz CT molecular complexity index is 870. The number of likely N-dealkylation sites (tertiary alicyclic amines) is 1. The van der Waals surface area contributed by atoms with Crippen LogP contribution in [0.5, 0.6) is 5.75 Å². The minimum atomic E-state index is -0.338. The Morgan fingerprint density at radius 1 is 1.19 bits per heavy atom. The smallest absolute Gasteiger partial charge is 0.225 e. The van der Waals surface area contributed by atoms with Gasteiger partial charge >= 0.3 is 0 Å². The average molecular weight is 385 g/mol. The summed E-state index contributed by atoms with van der Waals surface area (Å²) in [5.41, 5.74) is 1.89. The molecule has 2 heterocycles. The molecule has 1 fully saturated rings. The number of rotatable bonds is 4. The fraction of sp³-hybridized carbons (Fsp3) is 0.333. The molecule has 140 valence electrons. The Labute approximate surface area is 163 Å². The standard InChI is InChI=1S/C21H21ClN2O3/c22-17-7-3-1-5-14(17)12-24-13-15(11-20(24)25)21(26)23-18-9-10-27-19-8-4-2-6-16(18)19/h1-8,15,18H,9-13H2,(H,23,26). The van der Waals surface area contributed by atoms with Crippen molar-refractivity contribution in [2.24, 2.45) is 5.92 Å². The highest BCUT2D eigenvalue weighted by molar-refractivity contribution is 6.31. The number of carbonyl (C=O) groups excluding carboxylic acids is 2. The van der Waals surface area contributed by atoms with Gasteiger partial charge in [0.1, 0.15) is 5.75 Å². The molecule has 0 aromatic heterocycles. The lowest BCUT2D eigenvalue weighted by Crippen LogP contribution is -2.37. The zero-order chi connectivity index (χ0) is 18.8. The van der Waals surface area contributed by atoms with Crippen LogP contribution in [0, 0.1) is 5.92 Å². The maximum absolute atomic E-state index is 12.8. The minimum absolute atomic E-state index is 0.0116. The summed E-state index contributed by atoms with van der Waals surface area (Å²) in [5, 5.41) is 3.75. The Balaban J connectivity index is 1.41. The molecule has 1 N–H and O–H groups in total. The third-order valence-corrected chi connectivity index (χ3v) is 5.55. The molecule has 0 radical (unpaired) electrons. The molecular formula is C21H21ClN2O3. The second kappa shape index (κ2) is 7.61. The van der Waals surface area contributed by atoms with Gasteiger partial charge in [-0.1, -0.05) is 48.0 Å². The second-order valence-electron chi connectivity index (χ2n) is 7.00. The number of fused-ring (bicyclic) bond motifs is 1. The number of hydrogen-bond donors (Lipinski definition) is 1. The summed E-state index contributed by atoms with van der Waals surface area (Å²) in [6, 6.07) is 15.2. The van der Waals surface area contributed by atoms with Crippen LogP contribution in [0.1, 0.15) is 30.0 Å². The van der Waals surface area contributed by atoms with Crippen molar-refractivity contribution in [2.75, 3.05) is 13.2 Å². The summed E-state index contributed by atoms with van der Waals surface area (Å²) < 4.78 is 5.65. The molecule has 2 aromatic carbocycles. The molecule has 2 aliphatic rings. The monoisotopic (exact) mass is 384 g/mol. The van der Waals surface area contributed by atoms with Crippen molar-refractivity contribution >= 4 is 23.4 Å². The van der Waals surface area contributed by atoms with E-state index in [2.05, 4.69) is 5.32 Å². The van der Waals surface area contributed by atoms with Crippen LogP contribution in [0.2, 0.25) is 5.02 Å². The maximum atomic E-state index is 12.8. The highest BCUT2D eigenvalue weighted by atomic mass is 35.5. The molecule has 27 heavy (non-hydrogen) atoms. The Morgan fingerprint density at radius 2 is 1.96 bits per heavy atom. The van der Waals surface area contributed by atoms with Gasteiger partial charge < -0.3 is 15.0 Å². The van der Waals surface area contributed by atoms with Crippen LogP contribution in [-0.4, -0.2) is 29.9 Å². The van der Waals surface area contributed by atoms with Crippen molar-refractivity contribution in [1.29, 1.82) is 0 Å². The Hall–Kier alpha value is -2.53. The lowest BCUT2D eigenvalue weighted by Gasteiger charge is -2.27. The first-order chi connectivity index (χ1) is 13.1. The van der Waals surface area contributed by atoms with E-state index < -0.39 is 0 Å². The van der Waals surface area contributed by atoms with E-state index in [1.807, 2.05) is 48.5 Å². The third-order valence-electron chi connectivity index (χ3n) is 5.18. The van der Waals surface area contributed by atoms with Crippen molar-refractivity contribution in [2.45, 2.75) is 25.4 Å². The van der Waals surface area contributed by atoms with E-state index in [1.165, 1.54) is 0 Å². The normalized spacial score (nSPS) is 21.5. The molecule has 2 aromatic rings. The topological polar surface area (TPSA) is 58.6 Å². The molecule has 6 heteroatoms. The van der Waals surface area contributed by atoms with Gasteiger partial charge in [-0.05, 0) is 17.7 Å². The first-order valence-electron chi connectivity index (χ1n) is 9.15. The van der Waals surface area contributed by atoms with E-state index in [1.54, 1.807) is 4.90 Å². The Kier molecular flexibility index (Phi) is 5.03. The van der Waals surface area contributed by atoms with E-state index in [4.69, 9.17) is 16.3 Å². The van der Waals surface area contributed by atoms with Gasteiger partial charge in [0.2, 0.25) is 11.8 Å². The highest BCUT2D eigenvalue weighted by Crippen LogP contribution is 2.32. The van der Waals surface area contributed by atoms with Crippen molar-refractivity contribution in [3.8, 4) is 5.75 Å². The fourth-order valence-corrected chi connectivity index (χ4v) is 3.91. The molecule has 4 rings (SSSR count). The molecule has 2 amide bonds. The predicted molar refractivity (Wildman–Crippen MR) is 102 cm³/mol. The van der Waals surface area contributed by atoms with Crippen LogP contribution in [-0.2, 0) is 16.1 Å². The summed E-state index contributed by atoms with van der Waals surface area (Å²) in [4.78, 5) is 26.9. The van der Waals surface area contributed by atoms with Gasteiger partial charge in [-0.2, -0.15) is 0 Å². The molecule has 0 saturated carbocycles. The van der Waals surface area contributed by atoms with Crippen LogP contribution in [0.3, 0.4) is 0 Å². The van der Waals surface area contributed by atoms with Gasteiger partial charge in [0.05, 0.1) is 18.6 Å². The number of amides is 2. The number of para-hydroxylation sites is 1. The lowest BCUT2D eigenvalue weighted by atomic mass is 9.99. The lowest BCUT2D eigenvalue weighted by molar-refractivity contribution is -0.129. The first kappa shape index (κ1) is 17.9. The molecule has 0 spiro atoms. The van der Waals surface area contributed by atoms with E-state index >= 15 is 0 Å². The van der Waals surface area contributed by atoms with Crippen LogP contribution < -0.4 is 10.1 Å².